The predicted molar refractivity (Wildman–Crippen MR) is 80.7 cm³/mol. The van der Waals surface area contributed by atoms with Crippen molar-refractivity contribution in [2.45, 2.75) is 32.7 Å². The second-order valence-electron chi connectivity index (χ2n) is 5.40. The first-order chi connectivity index (χ1) is 9.63. The standard InChI is InChI=1S/C16H18N2OS/c1-10(15-9-20-11(2)18-15)17-16(19)14-7-12-5-3-4-6-13(12)8-14/h3-6,9-10,14H,7-8H2,1-2H3,(H,17,19). The average Bonchev–Trinajstić information content (AvgIpc) is 3.04. The number of hydrogen-bond acceptors (Lipinski definition) is 3. The van der Waals surface area contributed by atoms with E-state index >= 15 is 0 Å². The summed E-state index contributed by atoms with van der Waals surface area (Å²) in [5.74, 6) is 0.203. The Morgan fingerprint density at radius 1 is 1.35 bits per heavy atom. The van der Waals surface area contributed by atoms with Gasteiger partial charge >= 0.3 is 0 Å². The van der Waals surface area contributed by atoms with Crippen molar-refractivity contribution in [3.63, 3.8) is 0 Å². The molecule has 0 bridgehead atoms. The van der Waals surface area contributed by atoms with Crippen molar-refractivity contribution in [2.75, 3.05) is 0 Å². The van der Waals surface area contributed by atoms with Gasteiger partial charge in [0.2, 0.25) is 5.91 Å². The molecule has 0 saturated heterocycles. The minimum absolute atomic E-state index is 0.0174. The molecule has 0 saturated carbocycles. The molecule has 3 rings (SSSR count). The fourth-order valence-corrected chi connectivity index (χ4v) is 3.43. The van der Waals surface area contributed by atoms with E-state index in [4.69, 9.17) is 0 Å². The van der Waals surface area contributed by atoms with Crippen molar-refractivity contribution < 1.29 is 4.79 Å². The zero-order valence-corrected chi connectivity index (χ0v) is 12.5. The summed E-state index contributed by atoms with van der Waals surface area (Å²) >= 11 is 1.62. The number of rotatable bonds is 3. The van der Waals surface area contributed by atoms with Gasteiger partial charge in [0.05, 0.1) is 16.7 Å². The lowest BCUT2D eigenvalue weighted by atomic mass is 10.0. The Bertz CT molecular complexity index is 610. The topological polar surface area (TPSA) is 42.0 Å². The van der Waals surface area contributed by atoms with E-state index in [1.165, 1.54) is 11.1 Å². The van der Waals surface area contributed by atoms with Crippen molar-refractivity contribution in [2.24, 2.45) is 5.92 Å². The Hall–Kier alpha value is -1.68. The van der Waals surface area contributed by atoms with Gasteiger partial charge in [-0.3, -0.25) is 4.79 Å². The van der Waals surface area contributed by atoms with Crippen LogP contribution in [0.1, 0.15) is 34.8 Å². The molecule has 1 unspecified atom stereocenters. The number of benzene rings is 1. The van der Waals surface area contributed by atoms with Crippen molar-refractivity contribution >= 4 is 17.2 Å². The van der Waals surface area contributed by atoms with Crippen LogP contribution in [0.15, 0.2) is 29.6 Å². The first-order valence-corrected chi connectivity index (χ1v) is 7.80. The molecule has 1 atom stereocenters. The first-order valence-electron chi connectivity index (χ1n) is 6.92. The molecule has 1 aliphatic rings. The Kier molecular flexibility index (Phi) is 3.57. The largest absolute Gasteiger partial charge is 0.348 e. The molecule has 0 spiro atoms. The number of aromatic nitrogens is 1. The molecular weight excluding hydrogens is 268 g/mol. The average molecular weight is 286 g/mol. The highest BCUT2D eigenvalue weighted by Crippen LogP contribution is 2.27. The number of aryl methyl sites for hydroxylation is 1. The quantitative estimate of drug-likeness (QED) is 0.942. The van der Waals surface area contributed by atoms with Crippen LogP contribution in [0.4, 0.5) is 0 Å². The molecule has 0 aliphatic heterocycles. The minimum atomic E-state index is -0.0174. The van der Waals surface area contributed by atoms with Crippen molar-refractivity contribution in [1.29, 1.82) is 0 Å². The number of amides is 1. The smallest absolute Gasteiger partial charge is 0.224 e. The van der Waals surface area contributed by atoms with Gasteiger partial charge in [0.15, 0.2) is 0 Å². The maximum absolute atomic E-state index is 12.4. The predicted octanol–water partition coefficient (Wildman–Crippen LogP) is 3.04. The lowest BCUT2D eigenvalue weighted by molar-refractivity contribution is -0.125. The Morgan fingerprint density at radius 3 is 2.55 bits per heavy atom. The fraction of sp³-hybridized carbons (Fsp3) is 0.375. The summed E-state index contributed by atoms with van der Waals surface area (Å²) < 4.78 is 0. The molecule has 3 nitrogen and oxygen atoms in total. The van der Waals surface area contributed by atoms with E-state index in [9.17, 15) is 4.79 Å². The highest BCUT2D eigenvalue weighted by atomic mass is 32.1. The normalized spacial score (nSPS) is 15.9. The lowest BCUT2D eigenvalue weighted by Gasteiger charge is -2.15. The summed E-state index contributed by atoms with van der Waals surface area (Å²) in [6, 6.07) is 8.31. The molecule has 1 amide bonds. The first kappa shape index (κ1) is 13.3. The van der Waals surface area contributed by atoms with Crippen LogP contribution in [0, 0.1) is 12.8 Å². The van der Waals surface area contributed by atoms with Crippen LogP contribution in [0.5, 0.6) is 0 Å². The molecule has 1 heterocycles. The number of fused-ring (bicyclic) bond motifs is 1. The van der Waals surface area contributed by atoms with Gasteiger partial charge in [0.1, 0.15) is 0 Å². The van der Waals surface area contributed by atoms with E-state index in [0.29, 0.717) is 0 Å². The van der Waals surface area contributed by atoms with Crippen molar-refractivity contribution in [1.82, 2.24) is 10.3 Å². The van der Waals surface area contributed by atoms with Crippen LogP contribution >= 0.6 is 11.3 Å². The molecule has 1 aromatic carbocycles. The van der Waals surface area contributed by atoms with Gasteiger partial charge in [-0.05, 0) is 37.8 Å². The summed E-state index contributed by atoms with van der Waals surface area (Å²) in [5, 5.41) is 6.15. The third-order valence-corrected chi connectivity index (χ3v) is 4.65. The number of carbonyl (C=O) groups excluding carboxylic acids is 1. The van der Waals surface area contributed by atoms with Crippen molar-refractivity contribution in [3.05, 3.63) is 51.5 Å². The third kappa shape index (κ3) is 2.61. The fourth-order valence-electron chi connectivity index (χ4n) is 2.73. The Balaban J connectivity index is 1.64. The van der Waals surface area contributed by atoms with Crippen LogP contribution in [0.25, 0.3) is 0 Å². The summed E-state index contributed by atoms with van der Waals surface area (Å²) in [6.45, 7) is 3.98. The van der Waals surface area contributed by atoms with E-state index in [0.717, 1.165) is 23.5 Å². The summed E-state index contributed by atoms with van der Waals surface area (Å²) in [5.41, 5.74) is 3.57. The summed E-state index contributed by atoms with van der Waals surface area (Å²) in [6.07, 6.45) is 1.70. The van der Waals surface area contributed by atoms with Gasteiger partial charge < -0.3 is 5.32 Å². The molecule has 0 radical (unpaired) electrons. The number of hydrogen-bond donors (Lipinski definition) is 1. The molecule has 0 fully saturated rings. The van der Waals surface area contributed by atoms with E-state index in [-0.39, 0.29) is 17.9 Å². The number of nitrogens with one attached hydrogen (secondary N) is 1. The number of carbonyl (C=O) groups is 1. The molecule has 104 valence electrons. The van der Waals surface area contributed by atoms with Crippen LogP contribution in [-0.2, 0) is 17.6 Å². The maximum Gasteiger partial charge on any atom is 0.224 e. The van der Waals surface area contributed by atoms with E-state index in [2.05, 4.69) is 22.4 Å². The number of thiazole rings is 1. The highest BCUT2D eigenvalue weighted by molar-refractivity contribution is 7.09. The molecule has 2 aromatic rings. The van der Waals surface area contributed by atoms with Crippen LogP contribution in [0.2, 0.25) is 0 Å². The van der Waals surface area contributed by atoms with Gasteiger partial charge in [-0.15, -0.1) is 11.3 Å². The maximum atomic E-state index is 12.4. The van der Waals surface area contributed by atoms with Crippen LogP contribution in [0.3, 0.4) is 0 Å². The molecule has 1 aliphatic carbocycles. The highest BCUT2D eigenvalue weighted by Gasteiger charge is 2.28. The van der Waals surface area contributed by atoms with Crippen molar-refractivity contribution in [3.8, 4) is 0 Å². The van der Waals surface area contributed by atoms with Gasteiger partial charge in [-0.1, -0.05) is 24.3 Å². The van der Waals surface area contributed by atoms with Crippen LogP contribution < -0.4 is 5.32 Å². The number of nitrogens with zero attached hydrogens (tertiary/aromatic N) is 1. The second-order valence-corrected chi connectivity index (χ2v) is 6.46. The Morgan fingerprint density at radius 2 is 2.00 bits per heavy atom. The lowest BCUT2D eigenvalue weighted by Crippen LogP contribution is -2.33. The second kappa shape index (κ2) is 5.37. The Labute approximate surface area is 123 Å². The molecule has 4 heteroatoms. The molecule has 1 N–H and O–H groups in total. The van der Waals surface area contributed by atoms with E-state index in [1.54, 1.807) is 11.3 Å². The zero-order valence-electron chi connectivity index (χ0n) is 11.7. The third-order valence-electron chi connectivity index (χ3n) is 3.86. The van der Waals surface area contributed by atoms with Crippen LogP contribution in [-0.4, -0.2) is 10.9 Å². The monoisotopic (exact) mass is 286 g/mol. The van der Waals surface area contributed by atoms with Gasteiger partial charge in [0.25, 0.3) is 0 Å². The molecule has 1 aromatic heterocycles. The molecule has 20 heavy (non-hydrogen) atoms. The van der Waals surface area contributed by atoms with Gasteiger partial charge in [-0.2, -0.15) is 0 Å². The van der Waals surface area contributed by atoms with E-state index < -0.39 is 0 Å². The summed E-state index contributed by atoms with van der Waals surface area (Å²) in [4.78, 5) is 16.8. The molecular formula is C16H18N2OS. The van der Waals surface area contributed by atoms with Gasteiger partial charge in [0, 0.05) is 11.3 Å². The minimum Gasteiger partial charge on any atom is -0.348 e. The van der Waals surface area contributed by atoms with Gasteiger partial charge in [-0.25, -0.2) is 4.98 Å². The summed E-state index contributed by atoms with van der Waals surface area (Å²) in [7, 11) is 0. The van der Waals surface area contributed by atoms with E-state index in [1.807, 2.05) is 31.4 Å². The zero-order chi connectivity index (χ0) is 14.1. The SMILES string of the molecule is Cc1nc(C(C)NC(=O)C2Cc3ccccc3C2)cs1.